The van der Waals surface area contributed by atoms with Crippen molar-refractivity contribution in [3.05, 3.63) is 78.4 Å². The summed E-state index contributed by atoms with van der Waals surface area (Å²) in [5.41, 5.74) is 2.43. The van der Waals surface area contributed by atoms with Gasteiger partial charge in [0.25, 0.3) is 0 Å². The molecule has 174 valence electrons. The minimum Gasteiger partial charge on any atom is -0.495 e. The number of methoxy groups -OCH3 is 1. The molecule has 0 radical (unpaired) electrons. The molecule has 0 aliphatic heterocycles. The van der Waals surface area contributed by atoms with Crippen LogP contribution in [0, 0.1) is 0 Å². The number of nitrogens with one attached hydrogen (secondary N) is 1. The number of rotatable bonds is 6. The fraction of sp³-hybridized carbons (Fsp3) is 0.0870. The van der Waals surface area contributed by atoms with Crippen molar-refractivity contribution in [2.45, 2.75) is 11.4 Å². The number of hydrogen-bond acceptors (Lipinski definition) is 6. The maximum atomic E-state index is 11.4. The number of benzene rings is 3. The monoisotopic (exact) mass is 495 g/mol. The Morgan fingerprint density at radius 2 is 1.79 bits per heavy atom. The van der Waals surface area contributed by atoms with Crippen LogP contribution in [0.25, 0.3) is 10.9 Å². The van der Waals surface area contributed by atoms with Crippen molar-refractivity contribution < 1.29 is 18.3 Å². The molecule has 11 heteroatoms. The Kier molecular flexibility index (Phi) is 6.59. The molecule has 0 aliphatic carbocycles. The second-order valence-electron chi connectivity index (χ2n) is 7.30. The zero-order chi connectivity index (χ0) is 24.3. The Morgan fingerprint density at radius 1 is 1.09 bits per heavy atom. The zero-order valence-corrected chi connectivity index (χ0v) is 19.7. The van der Waals surface area contributed by atoms with Gasteiger partial charge in [-0.2, -0.15) is 0 Å². The lowest BCUT2D eigenvalue weighted by Crippen LogP contribution is -2.12. The lowest BCUT2D eigenvalue weighted by molar-refractivity contribution is 0.409. The summed E-state index contributed by atoms with van der Waals surface area (Å²) in [6.07, 6.45) is 0. The van der Waals surface area contributed by atoms with Crippen LogP contribution in [0.5, 0.6) is 11.6 Å². The van der Waals surface area contributed by atoms with Gasteiger partial charge in [-0.3, -0.25) is 0 Å². The van der Waals surface area contributed by atoms with E-state index in [1.165, 1.54) is 24.3 Å². The molecule has 0 saturated carbocycles. The van der Waals surface area contributed by atoms with Crippen LogP contribution in [0.1, 0.15) is 5.56 Å². The van der Waals surface area contributed by atoms with Gasteiger partial charge in [-0.05, 0) is 48.1 Å². The van der Waals surface area contributed by atoms with E-state index in [-0.39, 0.29) is 21.6 Å². The molecule has 0 atom stereocenters. The highest BCUT2D eigenvalue weighted by atomic mass is 32.2. The Balaban J connectivity index is 1.65. The highest BCUT2D eigenvalue weighted by Crippen LogP contribution is 2.43. The molecule has 0 aliphatic rings. The van der Waals surface area contributed by atoms with E-state index in [1.807, 2.05) is 42.5 Å². The van der Waals surface area contributed by atoms with Crippen LogP contribution < -0.4 is 15.2 Å². The van der Waals surface area contributed by atoms with Crippen LogP contribution in [0.3, 0.4) is 0 Å². The van der Waals surface area contributed by atoms with Crippen LogP contribution >= 0.6 is 12.2 Å². The number of anilines is 1. The molecule has 4 N–H and O–H groups in total. The first kappa shape index (κ1) is 23.4. The second kappa shape index (κ2) is 9.59. The molecule has 9 nitrogen and oxygen atoms in total. The molecule has 0 amide bonds. The maximum absolute atomic E-state index is 11.4. The SMILES string of the molecule is COc1cccc2c(N=NC(=S)Nc3ccc(S(N)(=O)=O)cc3)c(O)n(Cc3ccccc3)c12. The molecule has 0 unspecified atom stereocenters. The summed E-state index contributed by atoms with van der Waals surface area (Å²) in [6.45, 7) is 0.401. The molecule has 4 rings (SSSR count). The Bertz CT molecular complexity index is 1480. The number of nitrogens with zero attached hydrogens (tertiary/aromatic N) is 3. The van der Waals surface area contributed by atoms with Gasteiger partial charge in [0.1, 0.15) is 5.75 Å². The Labute approximate surface area is 201 Å². The smallest absolute Gasteiger partial charge is 0.238 e. The standard InChI is InChI=1S/C23H21N5O4S2/c1-32-19-9-5-8-18-20(22(29)28(21(18)19)14-15-6-3-2-4-7-15)26-27-23(33)25-16-10-12-17(13-11-16)34(24,30)31/h2-13,29H,14H2,1H3,(H,25,33)(H2,24,30,31). The van der Waals surface area contributed by atoms with E-state index in [0.29, 0.717) is 28.9 Å². The van der Waals surface area contributed by atoms with Crippen LogP contribution in [0.2, 0.25) is 0 Å². The molecule has 0 saturated heterocycles. The summed E-state index contributed by atoms with van der Waals surface area (Å²) in [7, 11) is -2.23. The molecule has 3 aromatic carbocycles. The number of primary sulfonamides is 1. The van der Waals surface area contributed by atoms with Crippen LogP contribution in [0.4, 0.5) is 11.4 Å². The quantitative estimate of drug-likeness (QED) is 0.266. The summed E-state index contributed by atoms with van der Waals surface area (Å²) < 4.78 is 30.0. The third kappa shape index (κ3) is 4.91. The Hall–Kier alpha value is -3.80. The average molecular weight is 496 g/mol. The van der Waals surface area contributed by atoms with Gasteiger partial charge in [0, 0.05) is 11.1 Å². The lowest BCUT2D eigenvalue weighted by atomic mass is 10.2. The first-order valence-electron chi connectivity index (χ1n) is 10.1. The molecular formula is C23H21N5O4S2. The molecular weight excluding hydrogens is 474 g/mol. The highest BCUT2D eigenvalue weighted by Gasteiger charge is 2.20. The number of aromatic hydroxyl groups is 1. The van der Waals surface area contributed by atoms with Crippen LogP contribution in [0.15, 0.2) is 87.9 Å². The maximum Gasteiger partial charge on any atom is 0.238 e. The fourth-order valence-corrected chi connectivity index (χ4v) is 4.18. The number of hydrogen-bond donors (Lipinski definition) is 3. The van der Waals surface area contributed by atoms with E-state index in [0.717, 1.165) is 5.56 Å². The van der Waals surface area contributed by atoms with E-state index in [1.54, 1.807) is 17.7 Å². The number of fused-ring (bicyclic) bond motifs is 1. The van der Waals surface area contributed by atoms with Crippen molar-refractivity contribution in [1.82, 2.24) is 4.57 Å². The van der Waals surface area contributed by atoms with Crippen molar-refractivity contribution >= 4 is 49.6 Å². The van der Waals surface area contributed by atoms with Gasteiger partial charge in [0.05, 0.1) is 24.1 Å². The number of para-hydroxylation sites is 1. The molecule has 0 fully saturated rings. The largest absolute Gasteiger partial charge is 0.495 e. The predicted molar refractivity (Wildman–Crippen MR) is 134 cm³/mol. The van der Waals surface area contributed by atoms with Gasteiger partial charge >= 0.3 is 0 Å². The minimum absolute atomic E-state index is 0.0179. The lowest BCUT2D eigenvalue weighted by Gasteiger charge is -2.09. The van der Waals surface area contributed by atoms with E-state index in [4.69, 9.17) is 22.1 Å². The predicted octanol–water partition coefficient (Wildman–Crippen LogP) is 4.53. The van der Waals surface area contributed by atoms with Gasteiger partial charge in [0.15, 0.2) is 5.69 Å². The molecule has 4 aromatic rings. The summed E-state index contributed by atoms with van der Waals surface area (Å²) >= 11 is 5.24. The zero-order valence-electron chi connectivity index (χ0n) is 18.0. The highest BCUT2D eigenvalue weighted by molar-refractivity contribution is 7.89. The van der Waals surface area contributed by atoms with Gasteiger partial charge < -0.3 is 19.7 Å². The van der Waals surface area contributed by atoms with Gasteiger partial charge in [-0.1, -0.05) is 42.5 Å². The van der Waals surface area contributed by atoms with Crippen LogP contribution in [-0.4, -0.2) is 30.3 Å². The van der Waals surface area contributed by atoms with Crippen molar-refractivity contribution in [3.8, 4) is 11.6 Å². The van der Waals surface area contributed by atoms with Gasteiger partial charge in [0.2, 0.25) is 21.0 Å². The first-order chi connectivity index (χ1) is 16.3. The van der Waals surface area contributed by atoms with Crippen LogP contribution in [-0.2, 0) is 16.6 Å². The van der Waals surface area contributed by atoms with E-state index < -0.39 is 10.0 Å². The molecule has 0 spiro atoms. The van der Waals surface area contributed by atoms with Crippen molar-refractivity contribution in [2.24, 2.45) is 15.4 Å². The van der Waals surface area contributed by atoms with E-state index in [9.17, 15) is 13.5 Å². The second-order valence-corrected chi connectivity index (χ2v) is 9.25. The van der Waals surface area contributed by atoms with Crippen molar-refractivity contribution in [3.63, 3.8) is 0 Å². The van der Waals surface area contributed by atoms with E-state index in [2.05, 4.69) is 15.5 Å². The van der Waals surface area contributed by atoms with Gasteiger partial charge in [-0.15, -0.1) is 10.2 Å². The fourth-order valence-electron chi connectivity index (χ4n) is 3.50. The number of nitrogens with two attached hydrogens (primary N) is 1. The number of aromatic nitrogens is 1. The minimum atomic E-state index is -3.79. The van der Waals surface area contributed by atoms with Crippen molar-refractivity contribution in [1.29, 1.82) is 0 Å². The summed E-state index contributed by atoms with van der Waals surface area (Å²) in [5.74, 6) is 0.508. The molecule has 1 aromatic heterocycles. The van der Waals surface area contributed by atoms with Crippen molar-refractivity contribution in [2.75, 3.05) is 12.4 Å². The molecule has 0 bridgehead atoms. The summed E-state index contributed by atoms with van der Waals surface area (Å²) in [6, 6.07) is 20.8. The topological polar surface area (TPSA) is 131 Å². The van der Waals surface area contributed by atoms with E-state index >= 15 is 0 Å². The van der Waals surface area contributed by atoms with Gasteiger partial charge in [-0.25, -0.2) is 13.6 Å². The molecule has 34 heavy (non-hydrogen) atoms. The first-order valence-corrected chi connectivity index (χ1v) is 12.0. The number of ether oxygens (including phenoxy) is 1. The normalized spacial score (nSPS) is 11.7. The Morgan fingerprint density at radius 3 is 2.44 bits per heavy atom. The third-order valence-electron chi connectivity index (χ3n) is 5.07. The number of azo groups is 1. The summed E-state index contributed by atoms with van der Waals surface area (Å²) in [4.78, 5) is -0.0179. The number of thiocarbonyl (C=S) groups is 1. The number of sulfonamides is 1. The molecule has 1 heterocycles. The third-order valence-corrected chi connectivity index (χ3v) is 6.18. The average Bonchev–Trinajstić information content (AvgIpc) is 3.09. The summed E-state index contributed by atoms with van der Waals surface area (Å²) in [5, 5.41) is 27.9.